The van der Waals surface area contributed by atoms with Crippen LogP contribution in [0.2, 0.25) is 0 Å². The van der Waals surface area contributed by atoms with Crippen molar-refractivity contribution in [1.29, 1.82) is 0 Å². The van der Waals surface area contributed by atoms with Gasteiger partial charge in [0.2, 0.25) is 0 Å². The van der Waals surface area contributed by atoms with Crippen LogP contribution < -0.4 is 4.72 Å². The Kier molecular flexibility index (Phi) is 3.53. The molecule has 0 bridgehead atoms. The third kappa shape index (κ3) is 2.80. The maximum absolute atomic E-state index is 11.3. The fraction of sp³-hybridized carbons (Fsp3) is 0.857. The van der Waals surface area contributed by atoms with Gasteiger partial charge in [-0.05, 0) is 6.42 Å². The summed E-state index contributed by atoms with van der Waals surface area (Å²) >= 11 is 0. The van der Waals surface area contributed by atoms with E-state index in [1.807, 2.05) is 0 Å². The highest BCUT2D eigenvalue weighted by Gasteiger charge is 2.32. The summed E-state index contributed by atoms with van der Waals surface area (Å²) in [7, 11) is -0.625. The molecule has 1 heterocycles. The van der Waals surface area contributed by atoms with Crippen LogP contribution in [-0.4, -0.2) is 62.0 Å². The number of rotatable bonds is 4. The summed E-state index contributed by atoms with van der Waals surface area (Å²) in [5, 5.41) is 8.68. The molecular weight excluding hydrogens is 222 g/mol. The summed E-state index contributed by atoms with van der Waals surface area (Å²) in [4.78, 5) is 11.8. The molecule has 2 N–H and O–H groups in total. The van der Waals surface area contributed by atoms with Crippen LogP contribution in [0.25, 0.3) is 0 Å². The molecule has 0 radical (unpaired) electrons. The van der Waals surface area contributed by atoms with E-state index in [1.165, 1.54) is 19.0 Å². The second kappa shape index (κ2) is 4.33. The maximum atomic E-state index is 11.3. The highest BCUT2D eigenvalue weighted by molar-refractivity contribution is 7.87. The van der Waals surface area contributed by atoms with Gasteiger partial charge in [-0.2, -0.15) is 12.7 Å². The molecule has 1 fully saturated rings. The van der Waals surface area contributed by atoms with Crippen LogP contribution in [0.15, 0.2) is 0 Å². The predicted octanol–water partition coefficient (Wildman–Crippen LogP) is -0.865. The van der Waals surface area contributed by atoms with Crippen molar-refractivity contribution in [3.63, 3.8) is 0 Å². The minimum atomic E-state index is -3.45. The van der Waals surface area contributed by atoms with E-state index in [1.54, 1.807) is 0 Å². The first-order chi connectivity index (χ1) is 6.84. The lowest BCUT2D eigenvalue weighted by atomic mass is 10.1. The van der Waals surface area contributed by atoms with Crippen molar-refractivity contribution in [3.8, 4) is 0 Å². The Morgan fingerprint density at radius 2 is 2.20 bits per heavy atom. The fourth-order valence-electron chi connectivity index (χ4n) is 1.24. The van der Waals surface area contributed by atoms with Crippen LogP contribution >= 0.6 is 0 Å². The van der Waals surface area contributed by atoms with E-state index in [0.717, 1.165) is 4.31 Å². The van der Waals surface area contributed by atoms with Crippen LogP contribution in [0.4, 0.5) is 4.79 Å². The SMILES string of the molecule is CN(C)S(=O)(=O)NCC1CCN1C(=O)O. The summed E-state index contributed by atoms with van der Waals surface area (Å²) < 4.78 is 26.0. The monoisotopic (exact) mass is 237 g/mol. The van der Waals surface area contributed by atoms with Crippen molar-refractivity contribution >= 4 is 16.3 Å². The first-order valence-corrected chi connectivity index (χ1v) is 5.95. The minimum absolute atomic E-state index is 0.132. The molecule has 1 aliphatic rings. The average Bonchev–Trinajstić information content (AvgIpc) is 2.00. The number of carboxylic acid groups (broad SMARTS) is 1. The van der Waals surface area contributed by atoms with Crippen LogP contribution in [0.3, 0.4) is 0 Å². The molecule has 1 atom stereocenters. The minimum Gasteiger partial charge on any atom is -0.465 e. The van der Waals surface area contributed by atoms with E-state index in [2.05, 4.69) is 4.72 Å². The number of hydrogen-bond donors (Lipinski definition) is 2. The summed E-state index contributed by atoms with van der Waals surface area (Å²) in [6.07, 6.45) is -0.308. The van der Waals surface area contributed by atoms with Crippen molar-refractivity contribution in [3.05, 3.63) is 0 Å². The molecule has 1 amide bonds. The molecule has 0 aromatic rings. The number of carbonyl (C=O) groups is 1. The molecule has 1 unspecified atom stereocenters. The lowest BCUT2D eigenvalue weighted by Gasteiger charge is -2.38. The Morgan fingerprint density at radius 3 is 2.53 bits per heavy atom. The Balaban J connectivity index is 2.42. The van der Waals surface area contributed by atoms with Crippen molar-refractivity contribution in [2.24, 2.45) is 0 Å². The van der Waals surface area contributed by atoms with Gasteiger partial charge in [0.15, 0.2) is 0 Å². The molecule has 8 heteroatoms. The molecule has 0 aromatic carbocycles. The van der Waals surface area contributed by atoms with E-state index in [0.29, 0.717) is 13.0 Å². The van der Waals surface area contributed by atoms with Gasteiger partial charge in [-0.15, -0.1) is 0 Å². The third-order valence-corrected chi connectivity index (χ3v) is 3.86. The first kappa shape index (κ1) is 12.2. The van der Waals surface area contributed by atoms with Crippen molar-refractivity contribution in [2.75, 3.05) is 27.2 Å². The van der Waals surface area contributed by atoms with Crippen LogP contribution in [0, 0.1) is 0 Å². The molecule has 0 aromatic heterocycles. The Hall–Kier alpha value is -0.860. The average molecular weight is 237 g/mol. The molecule has 1 aliphatic heterocycles. The molecule has 7 nitrogen and oxygen atoms in total. The summed E-state index contributed by atoms with van der Waals surface area (Å²) in [5.41, 5.74) is 0. The molecular formula is C7H15N3O4S. The topological polar surface area (TPSA) is 90.0 Å². The number of amides is 1. The van der Waals surface area contributed by atoms with Gasteiger partial charge in [0.1, 0.15) is 0 Å². The highest BCUT2D eigenvalue weighted by atomic mass is 32.2. The van der Waals surface area contributed by atoms with E-state index < -0.39 is 16.3 Å². The van der Waals surface area contributed by atoms with Gasteiger partial charge < -0.3 is 10.0 Å². The number of nitrogens with one attached hydrogen (secondary N) is 1. The molecule has 1 rings (SSSR count). The van der Waals surface area contributed by atoms with Crippen LogP contribution in [0.5, 0.6) is 0 Å². The normalized spacial score (nSPS) is 21.5. The molecule has 0 spiro atoms. The lowest BCUT2D eigenvalue weighted by Crippen LogP contribution is -2.56. The van der Waals surface area contributed by atoms with Crippen molar-refractivity contribution < 1.29 is 18.3 Å². The van der Waals surface area contributed by atoms with Gasteiger partial charge in [-0.1, -0.05) is 0 Å². The largest absolute Gasteiger partial charge is 0.465 e. The van der Waals surface area contributed by atoms with Gasteiger partial charge in [0.25, 0.3) is 10.2 Å². The number of hydrogen-bond acceptors (Lipinski definition) is 3. The zero-order chi connectivity index (χ0) is 11.6. The maximum Gasteiger partial charge on any atom is 0.407 e. The molecule has 1 saturated heterocycles. The van der Waals surface area contributed by atoms with Crippen molar-refractivity contribution in [2.45, 2.75) is 12.5 Å². The van der Waals surface area contributed by atoms with Gasteiger partial charge in [0.05, 0.1) is 6.04 Å². The third-order valence-electron chi connectivity index (χ3n) is 2.37. The quantitative estimate of drug-likeness (QED) is 0.665. The van der Waals surface area contributed by atoms with Gasteiger partial charge >= 0.3 is 6.09 Å². The van der Waals surface area contributed by atoms with Crippen LogP contribution in [0.1, 0.15) is 6.42 Å². The zero-order valence-electron chi connectivity index (χ0n) is 8.67. The van der Waals surface area contributed by atoms with Gasteiger partial charge in [-0.3, -0.25) is 0 Å². The summed E-state index contributed by atoms with van der Waals surface area (Å²) in [6, 6.07) is -0.239. The van der Waals surface area contributed by atoms with Gasteiger partial charge in [0, 0.05) is 27.2 Å². The highest BCUT2D eigenvalue weighted by Crippen LogP contribution is 2.16. The standard InChI is InChI=1S/C7H15N3O4S/c1-9(2)15(13,14)8-5-6-3-4-10(6)7(11)12/h6,8H,3-5H2,1-2H3,(H,11,12). The second-order valence-corrected chi connectivity index (χ2v) is 5.52. The molecule has 88 valence electrons. The smallest absolute Gasteiger partial charge is 0.407 e. The molecule has 15 heavy (non-hydrogen) atoms. The van der Waals surface area contributed by atoms with E-state index >= 15 is 0 Å². The Bertz CT molecular complexity index is 340. The number of likely N-dealkylation sites (tertiary alicyclic amines) is 1. The van der Waals surface area contributed by atoms with E-state index in [-0.39, 0.29) is 12.6 Å². The van der Waals surface area contributed by atoms with E-state index in [9.17, 15) is 13.2 Å². The fourth-order valence-corrected chi connectivity index (χ4v) is 1.90. The molecule has 0 aliphatic carbocycles. The molecule has 0 saturated carbocycles. The summed E-state index contributed by atoms with van der Waals surface area (Å²) in [6.45, 7) is 0.608. The second-order valence-electron chi connectivity index (χ2n) is 3.55. The van der Waals surface area contributed by atoms with E-state index in [4.69, 9.17) is 5.11 Å². The Morgan fingerprint density at radius 1 is 1.60 bits per heavy atom. The zero-order valence-corrected chi connectivity index (χ0v) is 9.49. The lowest BCUT2D eigenvalue weighted by molar-refractivity contribution is 0.0774. The van der Waals surface area contributed by atoms with Crippen LogP contribution in [-0.2, 0) is 10.2 Å². The van der Waals surface area contributed by atoms with Crippen molar-refractivity contribution in [1.82, 2.24) is 13.9 Å². The summed E-state index contributed by atoms with van der Waals surface area (Å²) in [5.74, 6) is 0. The first-order valence-electron chi connectivity index (χ1n) is 4.51. The Labute approximate surface area is 88.8 Å². The number of nitrogens with zero attached hydrogens (tertiary/aromatic N) is 2. The van der Waals surface area contributed by atoms with Gasteiger partial charge in [-0.25, -0.2) is 9.52 Å². The predicted molar refractivity (Wildman–Crippen MR) is 53.7 cm³/mol.